The largest absolute Gasteiger partial charge is 0.311 e. The second-order valence-corrected chi connectivity index (χ2v) is 8.08. The highest BCUT2D eigenvalue weighted by Gasteiger charge is 2.26. The fourth-order valence-corrected chi connectivity index (χ4v) is 4.44. The monoisotopic (exact) mass is 362 g/mol. The number of halogens is 2. The van der Waals surface area contributed by atoms with Crippen molar-refractivity contribution in [3.05, 3.63) is 41.0 Å². The van der Waals surface area contributed by atoms with Gasteiger partial charge in [0.15, 0.2) is 0 Å². The van der Waals surface area contributed by atoms with E-state index in [1.807, 2.05) is 6.92 Å². The molecule has 1 aromatic rings. The maximum absolute atomic E-state index is 13.7. The van der Waals surface area contributed by atoms with Crippen LogP contribution in [-0.2, 0) is 0 Å². The van der Waals surface area contributed by atoms with Crippen molar-refractivity contribution in [3.8, 4) is 0 Å². The number of hydrogen-bond donors (Lipinski definition) is 1. The minimum absolute atomic E-state index is 0.450. The first-order chi connectivity index (χ1) is 12.6. The van der Waals surface area contributed by atoms with Gasteiger partial charge in [0.25, 0.3) is 0 Å². The standard InChI is InChI=1S/C22H32F2N2/c1-17(12-19-9-10-20(23)13-22(19)24)14-25-15-21-8-5-11-26(21)16-18-6-3-2-4-7-18/h9-10,12-13,18,21,25H,2-8,11,14-16H2,1H3/b17-12+. The fourth-order valence-electron chi connectivity index (χ4n) is 4.44. The van der Waals surface area contributed by atoms with E-state index in [0.29, 0.717) is 11.6 Å². The van der Waals surface area contributed by atoms with E-state index in [1.54, 1.807) is 6.08 Å². The molecule has 1 atom stereocenters. The molecular formula is C22H32F2N2. The van der Waals surface area contributed by atoms with Crippen LogP contribution in [-0.4, -0.2) is 37.1 Å². The molecule has 0 amide bonds. The molecule has 0 radical (unpaired) electrons. The lowest BCUT2D eigenvalue weighted by Crippen LogP contribution is -2.41. The van der Waals surface area contributed by atoms with Crippen molar-refractivity contribution in [2.75, 3.05) is 26.2 Å². The SMILES string of the molecule is C/C(=C\c1ccc(F)cc1F)CNCC1CCCN1CC1CCCCC1. The van der Waals surface area contributed by atoms with Crippen LogP contribution in [0.2, 0.25) is 0 Å². The molecule has 1 aliphatic carbocycles. The van der Waals surface area contributed by atoms with Crippen molar-refractivity contribution in [2.45, 2.75) is 57.9 Å². The van der Waals surface area contributed by atoms with Crippen LogP contribution in [0.5, 0.6) is 0 Å². The minimum Gasteiger partial charge on any atom is -0.311 e. The molecule has 2 aliphatic rings. The van der Waals surface area contributed by atoms with Crippen LogP contribution in [0.3, 0.4) is 0 Å². The van der Waals surface area contributed by atoms with Gasteiger partial charge in [0.2, 0.25) is 0 Å². The molecule has 2 nitrogen and oxygen atoms in total. The van der Waals surface area contributed by atoms with E-state index in [2.05, 4.69) is 10.2 Å². The van der Waals surface area contributed by atoms with E-state index in [-0.39, 0.29) is 0 Å². The van der Waals surface area contributed by atoms with Crippen LogP contribution in [0.15, 0.2) is 23.8 Å². The molecule has 2 fully saturated rings. The number of benzene rings is 1. The van der Waals surface area contributed by atoms with E-state index < -0.39 is 11.6 Å². The van der Waals surface area contributed by atoms with Crippen molar-refractivity contribution in [1.29, 1.82) is 0 Å². The molecule has 1 unspecified atom stereocenters. The van der Waals surface area contributed by atoms with Gasteiger partial charge in [-0.3, -0.25) is 4.90 Å². The molecule has 3 rings (SSSR count). The molecule has 1 heterocycles. The molecule has 1 aliphatic heterocycles. The summed E-state index contributed by atoms with van der Waals surface area (Å²) in [5.74, 6) is -0.138. The molecule has 144 valence electrons. The Morgan fingerprint density at radius 2 is 1.96 bits per heavy atom. The number of likely N-dealkylation sites (tertiary alicyclic amines) is 1. The highest BCUT2D eigenvalue weighted by atomic mass is 19.1. The third-order valence-electron chi connectivity index (χ3n) is 5.86. The highest BCUT2D eigenvalue weighted by molar-refractivity contribution is 5.53. The van der Waals surface area contributed by atoms with Gasteiger partial charge in [0.1, 0.15) is 11.6 Å². The van der Waals surface area contributed by atoms with Gasteiger partial charge in [-0.05, 0) is 57.2 Å². The van der Waals surface area contributed by atoms with Gasteiger partial charge in [0, 0.05) is 37.3 Å². The molecule has 4 heteroatoms. The lowest BCUT2D eigenvalue weighted by Gasteiger charge is -2.31. The van der Waals surface area contributed by atoms with E-state index in [1.165, 1.54) is 70.2 Å². The van der Waals surface area contributed by atoms with Crippen LogP contribution < -0.4 is 5.32 Å². The second-order valence-electron chi connectivity index (χ2n) is 8.08. The lowest BCUT2D eigenvalue weighted by atomic mass is 9.89. The predicted molar refractivity (Wildman–Crippen MR) is 104 cm³/mol. The summed E-state index contributed by atoms with van der Waals surface area (Å²) in [5, 5.41) is 3.54. The zero-order valence-corrected chi connectivity index (χ0v) is 15.9. The summed E-state index contributed by atoms with van der Waals surface area (Å²) in [6, 6.07) is 4.37. The molecule has 1 N–H and O–H groups in total. The average molecular weight is 363 g/mol. The maximum atomic E-state index is 13.7. The number of hydrogen-bond acceptors (Lipinski definition) is 2. The Labute approximate surface area is 156 Å². The van der Waals surface area contributed by atoms with Crippen LogP contribution >= 0.6 is 0 Å². The van der Waals surface area contributed by atoms with Crippen LogP contribution in [0.25, 0.3) is 6.08 Å². The Balaban J connectivity index is 1.44. The van der Waals surface area contributed by atoms with E-state index >= 15 is 0 Å². The molecule has 0 aromatic heterocycles. The van der Waals surface area contributed by atoms with Gasteiger partial charge in [-0.15, -0.1) is 0 Å². The van der Waals surface area contributed by atoms with Crippen molar-refractivity contribution in [2.24, 2.45) is 5.92 Å². The lowest BCUT2D eigenvalue weighted by molar-refractivity contribution is 0.185. The Kier molecular flexibility index (Phi) is 7.21. The first-order valence-electron chi connectivity index (χ1n) is 10.2. The summed E-state index contributed by atoms with van der Waals surface area (Å²) in [6.45, 7) is 6.22. The molecule has 1 aromatic carbocycles. The van der Waals surface area contributed by atoms with Crippen LogP contribution in [0, 0.1) is 17.6 Å². The van der Waals surface area contributed by atoms with E-state index in [4.69, 9.17) is 0 Å². The zero-order chi connectivity index (χ0) is 18.4. The molecule has 0 bridgehead atoms. The third-order valence-corrected chi connectivity index (χ3v) is 5.86. The van der Waals surface area contributed by atoms with Gasteiger partial charge in [-0.2, -0.15) is 0 Å². The van der Waals surface area contributed by atoms with Crippen molar-refractivity contribution < 1.29 is 8.78 Å². The molecular weight excluding hydrogens is 330 g/mol. The molecule has 0 spiro atoms. The first kappa shape index (κ1) is 19.5. The first-order valence-corrected chi connectivity index (χ1v) is 10.2. The second kappa shape index (κ2) is 9.61. The summed E-state index contributed by atoms with van der Waals surface area (Å²) < 4.78 is 26.7. The van der Waals surface area contributed by atoms with Gasteiger partial charge in [-0.25, -0.2) is 8.78 Å². The summed E-state index contributed by atoms with van der Waals surface area (Å²) in [7, 11) is 0. The van der Waals surface area contributed by atoms with Crippen LogP contribution in [0.4, 0.5) is 8.78 Å². The zero-order valence-electron chi connectivity index (χ0n) is 15.9. The van der Waals surface area contributed by atoms with Gasteiger partial charge in [-0.1, -0.05) is 30.9 Å². The van der Waals surface area contributed by atoms with Gasteiger partial charge in [0.05, 0.1) is 0 Å². The smallest absolute Gasteiger partial charge is 0.133 e. The van der Waals surface area contributed by atoms with Gasteiger partial charge < -0.3 is 5.32 Å². The quantitative estimate of drug-likeness (QED) is 0.734. The summed E-state index contributed by atoms with van der Waals surface area (Å²) in [4.78, 5) is 2.68. The number of rotatable bonds is 7. The topological polar surface area (TPSA) is 15.3 Å². The summed E-state index contributed by atoms with van der Waals surface area (Å²) in [5.41, 5.74) is 1.51. The Morgan fingerprint density at radius 1 is 1.15 bits per heavy atom. The molecule has 1 saturated carbocycles. The maximum Gasteiger partial charge on any atom is 0.133 e. The highest BCUT2D eigenvalue weighted by Crippen LogP contribution is 2.27. The third kappa shape index (κ3) is 5.62. The summed E-state index contributed by atoms with van der Waals surface area (Å²) in [6.07, 6.45) is 11.4. The van der Waals surface area contributed by atoms with Gasteiger partial charge >= 0.3 is 0 Å². The average Bonchev–Trinajstić information content (AvgIpc) is 3.05. The molecule has 26 heavy (non-hydrogen) atoms. The number of nitrogens with zero attached hydrogens (tertiary/aromatic N) is 1. The Morgan fingerprint density at radius 3 is 2.73 bits per heavy atom. The Hall–Kier alpha value is -1.26. The minimum atomic E-state index is -0.533. The molecule has 1 saturated heterocycles. The number of nitrogens with one attached hydrogen (secondary N) is 1. The van der Waals surface area contributed by atoms with Crippen molar-refractivity contribution >= 4 is 6.08 Å². The van der Waals surface area contributed by atoms with Crippen molar-refractivity contribution in [3.63, 3.8) is 0 Å². The van der Waals surface area contributed by atoms with E-state index in [9.17, 15) is 8.78 Å². The van der Waals surface area contributed by atoms with Crippen LogP contribution in [0.1, 0.15) is 57.4 Å². The van der Waals surface area contributed by atoms with Crippen molar-refractivity contribution in [1.82, 2.24) is 10.2 Å². The fraction of sp³-hybridized carbons (Fsp3) is 0.636. The predicted octanol–water partition coefficient (Wildman–Crippen LogP) is 5.00. The normalized spacial score (nSPS) is 22.9. The van der Waals surface area contributed by atoms with E-state index in [0.717, 1.165) is 30.6 Å². The summed E-state index contributed by atoms with van der Waals surface area (Å²) >= 11 is 0. The Bertz CT molecular complexity index is 608.